The number of rotatable bonds is 7. The Labute approximate surface area is 161 Å². The number of methoxy groups -OCH3 is 1. The molecule has 0 spiro atoms. The maximum Gasteiger partial charge on any atom is 0.240 e. The molecule has 0 aromatic heterocycles. The van der Waals surface area contributed by atoms with Gasteiger partial charge in [-0.25, -0.2) is 13.1 Å². The van der Waals surface area contributed by atoms with Crippen LogP contribution in [0.15, 0.2) is 41.3 Å². The number of anilines is 1. The average Bonchev–Trinajstić information content (AvgIpc) is 2.60. The number of benzene rings is 2. The summed E-state index contributed by atoms with van der Waals surface area (Å²) >= 11 is 0. The molecule has 27 heavy (non-hydrogen) atoms. The van der Waals surface area contributed by atoms with Crippen molar-refractivity contribution in [3.8, 4) is 5.75 Å². The molecule has 1 amide bonds. The van der Waals surface area contributed by atoms with E-state index in [1.807, 2.05) is 32.0 Å². The van der Waals surface area contributed by atoms with E-state index in [1.54, 1.807) is 24.0 Å². The van der Waals surface area contributed by atoms with E-state index in [9.17, 15) is 13.2 Å². The molecule has 6 nitrogen and oxygen atoms in total. The van der Waals surface area contributed by atoms with E-state index in [1.165, 1.54) is 20.1 Å². The molecule has 1 N–H and O–H groups in total. The van der Waals surface area contributed by atoms with Crippen molar-refractivity contribution in [1.82, 2.24) is 4.72 Å². The molecule has 0 saturated heterocycles. The van der Waals surface area contributed by atoms with Gasteiger partial charge in [-0.05, 0) is 61.7 Å². The van der Waals surface area contributed by atoms with Crippen molar-refractivity contribution in [1.29, 1.82) is 0 Å². The van der Waals surface area contributed by atoms with Gasteiger partial charge in [0.1, 0.15) is 5.75 Å². The van der Waals surface area contributed by atoms with Crippen molar-refractivity contribution in [3.63, 3.8) is 0 Å². The van der Waals surface area contributed by atoms with Gasteiger partial charge in [-0.15, -0.1) is 0 Å². The van der Waals surface area contributed by atoms with Gasteiger partial charge in [0, 0.05) is 25.7 Å². The number of hydrogen-bond acceptors (Lipinski definition) is 4. The molecule has 0 aliphatic heterocycles. The number of nitrogens with one attached hydrogen (secondary N) is 1. The summed E-state index contributed by atoms with van der Waals surface area (Å²) in [5.74, 6) is 0.465. The molecule has 0 bridgehead atoms. The zero-order valence-corrected chi connectivity index (χ0v) is 17.2. The molecular weight excluding hydrogens is 364 g/mol. The second-order valence-electron chi connectivity index (χ2n) is 6.49. The molecule has 7 heteroatoms. The van der Waals surface area contributed by atoms with Crippen molar-refractivity contribution in [2.45, 2.75) is 32.6 Å². The second-order valence-corrected chi connectivity index (χ2v) is 8.23. The molecule has 0 aliphatic rings. The van der Waals surface area contributed by atoms with Crippen LogP contribution in [0.25, 0.3) is 0 Å². The van der Waals surface area contributed by atoms with Crippen molar-refractivity contribution in [2.75, 3.05) is 25.1 Å². The minimum absolute atomic E-state index is 0.112. The predicted molar refractivity (Wildman–Crippen MR) is 107 cm³/mol. The van der Waals surface area contributed by atoms with Crippen LogP contribution < -0.4 is 14.4 Å². The number of carbonyl (C=O) groups excluding carboxylic acids is 1. The van der Waals surface area contributed by atoms with Crippen molar-refractivity contribution in [2.24, 2.45) is 0 Å². The quantitative estimate of drug-likeness (QED) is 0.789. The van der Waals surface area contributed by atoms with Gasteiger partial charge in [0.25, 0.3) is 0 Å². The zero-order valence-electron chi connectivity index (χ0n) is 16.4. The number of nitrogens with zero attached hydrogens (tertiary/aromatic N) is 1. The van der Waals surface area contributed by atoms with E-state index >= 15 is 0 Å². The first-order valence-corrected chi connectivity index (χ1v) is 10.1. The lowest BCUT2D eigenvalue weighted by molar-refractivity contribution is -0.116. The fourth-order valence-corrected chi connectivity index (χ4v) is 4.12. The Balaban J connectivity index is 2.14. The van der Waals surface area contributed by atoms with Gasteiger partial charge >= 0.3 is 0 Å². The van der Waals surface area contributed by atoms with Crippen LogP contribution in [0.5, 0.6) is 5.75 Å². The fraction of sp³-hybridized carbons (Fsp3) is 0.350. The molecule has 146 valence electrons. The standard InChI is InChI=1S/C20H26N2O4S/c1-14-6-7-15(2)19(12-14)22(17(4)23)11-10-21-27(24,25)20-9-8-18(26-5)13-16(20)3/h6-9,12-13,21H,10-11H2,1-5H3. The van der Waals surface area contributed by atoms with E-state index in [0.29, 0.717) is 11.3 Å². The van der Waals surface area contributed by atoms with Gasteiger partial charge < -0.3 is 9.64 Å². The van der Waals surface area contributed by atoms with E-state index in [-0.39, 0.29) is 23.9 Å². The Kier molecular flexibility index (Phi) is 6.62. The van der Waals surface area contributed by atoms with E-state index in [4.69, 9.17) is 4.74 Å². The number of amides is 1. The number of ether oxygens (including phenoxy) is 1. The third-order valence-corrected chi connectivity index (χ3v) is 5.96. The smallest absolute Gasteiger partial charge is 0.240 e. The Morgan fingerprint density at radius 2 is 1.78 bits per heavy atom. The highest BCUT2D eigenvalue weighted by molar-refractivity contribution is 7.89. The Bertz CT molecular complexity index is 939. The normalized spacial score (nSPS) is 11.3. The maximum absolute atomic E-state index is 12.6. The third-order valence-electron chi connectivity index (χ3n) is 4.33. The summed E-state index contributed by atoms with van der Waals surface area (Å²) < 4.78 is 32.9. The van der Waals surface area contributed by atoms with Gasteiger partial charge in [0.2, 0.25) is 15.9 Å². The molecular formula is C20H26N2O4S. The summed E-state index contributed by atoms with van der Waals surface area (Å²) in [7, 11) is -2.15. The van der Waals surface area contributed by atoms with Gasteiger partial charge in [-0.2, -0.15) is 0 Å². The number of sulfonamides is 1. The molecule has 2 aromatic carbocycles. The van der Waals surface area contributed by atoms with E-state index in [0.717, 1.165) is 16.8 Å². The summed E-state index contributed by atoms with van der Waals surface area (Å²) in [5.41, 5.74) is 3.39. The summed E-state index contributed by atoms with van der Waals surface area (Å²) in [6, 6.07) is 10.7. The molecule has 2 aromatic rings. The minimum atomic E-state index is -3.68. The van der Waals surface area contributed by atoms with Gasteiger partial charge in [0.05, 0.1) is 12.0 Å². The number of carbonyl (C=O) groups is 1. The Morgan fingerprint density at radius 1 is 1.07 bits per heavy atom. The first kappa shape index (κ1) is 20.9. The summed E-state index contributed by atoms with van der Waals surface area (Å²) in [6.45, 7) is 7.43. The molecule has 0 heterocycles. The molecule has 0 saturated carbocycles. The van der Waals surface area contributed by atoms with Crippen LogP contribution in [0.1, 0.15) is 23.6 Å². The van der Waals surface area contributed by atoms with Gasteiger partial charge in [-0.1, -0.05) is 12.1 Å². The van der Waals surface area contributed by atoms with Gasteiger partial charge in [0.15, 0.2) is 0 Å². The lowest BCUT2D eigenvalue weighted by Gasteiger charge is -2.24. The molecule has 0 aliphatic carbocycles. The fourth-order valence-electron chi connectivity index (χ4n) is 2.88. The molecule has 0 fully saturated rings. The Morgan fingerprint density at radius 3 is 2.37 bits per heavy atom. The monoisotopic (exact) mass is 390 g/mol. The SMILES string of the molecule is COc1ccc(S(=O)(=O)NCCN(C(C)=O)c2cc(C)ccc2C)c(C)c1. The van der Waals surface area contributed by atoms with Crippen LogP contribution in [0, 0.1) is 20.8 Å². The molecule has 0 unspecified atom stereocenters. The molecule has 2 rings (SSSR count). The van der Waals surface area contributed by atoms with E-state index < -0.39 is 10.0 Å². The topological polar surface area (TPSA) is 75.7 Å². The number of aryl methyl sites for hydroxylation is 3. The van der Waals surface area contributed by atoms with Gasteiger partial charge in [-0.3, -0.25) is 4.79 Å². The highest BCUT2D eigenvalue weighted by Crippen LogP contribution is 2.22. The Hall–Kier alpha value is -2.38. The summed E-state index contributed by atoms with van der Waals surface area (Å²) in [6.07, 6.45) is 0. The molecule has 0 atom stereocenters. The molecule has 0 radical (unpaired) electrons. The average molecular weight is 391 g/mol. The first-order valence-electron chi connectivity index (χ1n) is 8.65. The highest BCUT2D eigenvalue weighted by Gasteiger charge is 2.19. The van der Waals surface area contributed by atoms with Crippen molar-refractivity contribution >= 4 is 21.6 Å². The first-order chi connectivity index (χ1) is 12.7. The summed E-state index contributed by atoms with van der Waals surface area (Å²) in [4.78, 5) is 13.9. The summed E-state index contributed by atoms with van der Waals surface area (Å²) in [5, 5.41) is 0. The third kappa shape index (κ3) is 5.08. The van der Waals surface area contributed by atoms with Crippen LogP contribution in [-0.4, -0.2) is 34.5 Å². The number of hydrogen-bond donors (Lipinski definition) is 1. The maximum atomic E-state index is 12.6. The minimum Gasteiger partial charge on any atom is -0.497 e. The van der Waals surface area contributed by atoms with E-state index in [2.05, 4.69) is 4.72 Å². The lowest BCUT2D eigenvalue weighted by atomic mass is 10.1. The van der Waals surface area contributed by atoms with Crippen LogP contribution in [-0.2, 0) is 14.8 Å². The zero-order chi connectivity index (χ0) is 20.2. The van der Waals surface area contributed by atoms with Crippen LogP contribution in [0.2, 0.25) is 0 Å². The van der Waals surface area contributed by atoms with Crippen molar-refractivity contribution in [3.05, 3.63) is 53.1 Å². The second kappa shape index (κ2) is 8.54. The van der Waals surface area contributed by atoms with Crippen molar-refractivity contribution < 1.29 is 17.9 Å². The highest BCUT2D eigenvalue weighted by atomic mass is 32.2. The largest absolute Gasteiger partial charge is 0.497 e. The lowest BCUT2D eigenvalue weighted by Crippen LogP contribution is -2.38. The van der Waals surface area contributed by atoms with Crippen LogP contribution in [0.3, 0.4) is 0 Å². The van der Waals surface area contributed by atoms with Crippen LogP contribution >= 0.6 is 0 Å². The van der Waals surface area contributed by atoms with Crippen LogP contribution in [0.4, 0.5) is 5.69 Å². The predicted octanol–water partition coefficient (Wildman–Crippen LogP) is 2.95.